The first kappa shape index (κ1) is 13.5. The van der Waals surface area contributed by atoms with Crippen LogP contribution < -0.4 is 5.73 Å². The molecule has 0 unspecified atom stereocenters. The molecule has 1 amide bonds. The quantitative estimate of drug-likeness (QED) is 0.768. The molecule has 0 aliphatic carbocycles. The van der Waals surface area contributed by atoms with Gasteiger partial charge in [0.25, 0.3) is 0 Å². The van der Waals surface area contributed by atoms with E-state index in [2.05, 4.69) is 0 Å². The van der Waals surface area contributed by atoms with Gasteiger partial charge in [-0.25, -0.2) is 0 Å². The summed E-state index contributed by atoms with van der Waals surface area (Å²) in [7, 11) is 1.69. The number of carbonyl (C=O) groups excluding carboxylic acids is 1. The van der Waals surface area contributed by atoms with Gasteiger partial charge in [0.1, 0.15) is 0 Å². The molecule has 3 N–H and O–H groups in total. The number of rotatable bonds is 4. The van der Waals surface area contributed by atoms with Crippen molar-refractivity contribution in [3.8, 4) is 0 Å². The smallest absolute Gasteiger partial charge is 0.226 e. The molecule has 0 spiro atoms. The molecule has 0 atom stereocenters. The van der Waals surface area contributed by atoms with Gasteiger partial charge in [0, 0.05) is 19.3 Å². The zero-order valence-corrected chi connectivity index (χ0v) is 10.6. The lowest BCUT2D eigenvalue weighted by Gasteiger charge is -2.25. The van der Waals surface area contributed by atoms with Crippen LogP contribution in [0.1, 0.15) is 19.4 Å². The fourth-order valence-electron chi connectivity index (χ4n) is 1.61. The van der Waals surface area contributed by atoms with Crippen molar-refractivity contribution < 1.29 is 9.90 Å². The number of aliphatic hydroxyl groups is 1. The second kappa shape index (κ2) is 5.19. The predicted molar refractivity (Wildman–Crippen MR) is 68.5 cm³/mol. The number of hydrogen-bond acceptors (Lipinski definition) is 3. The highest BCUT2D eigenvalue weighted by molar-refractivity contribution is 5.78. The molecular formula is C13H20N2O2. The molecule has 1 aromatic carbocycles. The monoisotopic (exact) mass is 236 g/mol. The summed E-state index contributed by atoms with van der Waals surface area (Å²) in [5, 5.41) is 9.63. The number of likely N-dealkylation sites (N-methyl/N-ethyl adjacent to an activating group) is 1. The normalized spacial score (nSPS) is 11.3. The first-order chi connectivity index (χ1) is 7.78. The Hall–Kier alpha value is -1.55. The van der Waals surface area contributed by atoms with Crippen molar-refractivity contribution in [2.75, 3.05) is 19.3 Å². The maximum Gasteiger partial charge on any atom is 0.226 e. The summed E-state index contributed by atoms with van der Waals surface area (Å²) in [5.74, 6) is -0.0168. The van der Waals surface area contributed by atoms with Gasteiger partial charge in [0.05, 0.1) is 12.0 Å². The van der Waals surface area contributed by atoms with Crippen LogP contribution in [-0.2, 0) is 11.2 Å². The molecule has 4 nitrogen and oxygen atoms in total. The minimum absolute atomic E-state index is 0.0168. The van der Waals surface area contributed by atoms with E-state index in [9.17, 15) is 9.90 Å². The lowest BCUT2D eigenvalue weighted by molar-refractivity contribution is -0.131. The van der Waals surface area contributed by atoms with Gasteiger partial charge in [-0.1, -0.05) is 12.1 Å². The van der Waals surface area contributed by atoms with Gasteiger partial charge >= 0.3 is 0 Å². The van der Waals surface area contributed by atoms with Crippen molar-refractivity contribution in [1.29, 1.82) is 0 Å². The summed E-state index contributed by atoms with van der Waals surface area (Å²) in [5.41, 5.74) is 6.31. The Balaban J connectivity index is 2.57. The van der Waals surface area contributed by atoms with Crippen LogP contribution in [0.3, 0.4) is 0 Å². The van der Waals surface area contributed by atoms with E-state index in [0.717, 1.165) is 5.56 Å². The van der Waals surface area contributed by atoms with Crippen LogP contribution in [0.15, 0.2) is 24.3 Å². The molecule has 17 heavy (non-hydrogen) atoms. The van der Waals surface area contributed by atoms with Crippen LogP contribution >= 0.6 is 0 Å². The maximum atomic E-state index is 11.9. The summed E-state index contributed by atoms with van der Waals surface area (Å²) in [6.07, 6.45) is 0.326. The molecule has 1 aromatic rings. The number of carbonyl (C=O) groups is 1. The van der Waals surface area contributed by atoms with Crippen molar-refractivity contribution in [3.05, 3.63) is 29.8 Å². The van der Waals surface area contributed by atoms with Crippen LogP contribution in [-0.4, -0.2) is 35.1 Å². The van der Waals surface area contributed by atoms with Gasteiger partial charge in [0.15, 0.2) is 0 Å². The summed E-state index contributed by atoms with van der Waals surface area (Å²) < 4.78 is 0. The minimum Gasteiger partial charge on any atom is -0.399 e. The van der Waals surface area contributed by atoms with Crippen LogP contribution in [0.25, 0.3) is 0 Å². The molecule has 0 aliphatic heterocycles. The summed E-state index contributed by atoms with van der Waals surface area (Å²) in [6, 6.07) is 7.23. The molecule has 1 rings (SSSR count). The first-order valence-corrected chi connectivity index (χ1v) is 5.59. The van der Waals surface area contributed by atoms with Crippen LogP contribution in [0.4, 0.5) is 5.69 Å². The number of hydrogen-bond donors (Lipinski definition) is 2. The molecule has 0 saturated carbocycles. The zero-order valence-electron chi connectivity index (χ0n) is 10.6. The Morgan fingerprint density at radius 3 is 2.35 bits per heavy atom. The number of nitrogens with two attached hydrogens (primary N) is 1. The second-order valence-corrected chi connectivity index (χ2v) is 4.98. The lowest BCUT2D eigenvalue weighted by atomic mass is 10.1. The van der Waals surface area contributed by atoms with Crippen molar-refractivity contribution in [1.82, 2.24) is 4.90 Å². The lowest BCUT2D eigenvalue weighted by Crippen LogP contribution is -2.40. The van der Waals surface area contributed by atoms with Crippen molar-refractivity contribution in [3.63, 3.8) is 0 Å². The number of nitrogen functional groups attached to an aromatic ring is 1. The molecule has 4 heteroatoms. The Bertz CT molecular complexity index is 379. The SMILES string of the molecule is CN(CC(C)(C)O)C(=O)Cc1ccc(N)cc1. The van der Waals surface area contributed by atoms with Gasteiger partial charge in [-0.15, -0.1) is 0 Å². The number of anilines is 1. The molecule has 0 radical (unpaired) electrons. The van der Waals surface area contributed by atoms with E-state index in [1.165, 1.54) is 4.90 Å². The van der Waals surface area contributed by atoms with E-state index in [4.69, 9.17) is 5.73 Å². The molecule has 0 fully saturated rings. The molecule has 94 valence electrons. The largest absolute Gasteiger partial charge is 0.399 e. The average molecular weight is 236 g/mol. The van der Waals surface area contributed by atoms with Crippen LogP contribution in [0.2, 0.25) is 0 Å². The van der Waals surface area contributed by atoms with E-state index in [0.29, 0.717) is 18.7 Å². The Morgan fingerprint density at radius 2 is 1.88 bits per heavy atom. The van der Waals surface area contributed by atoms with E-state index >= 15 is 0 Å². The molecule has 0 aromatic heterocycles. The number of nitrogens with zero attached hydrogens (tertiary/aromatic N) is 1. The molecule has 0 bridgehead atoms. The van der Waals surface area contributed by atoms with Gasteiger partial charge in [-0.05, 0) is 31.5 Å². The predicted octanol–water partition coefficient (Wildman–Crippen LogP) is 1.04. The first-order valence-electron chi connectivity index (χ1n) is 5.59. The molecule has 0 heterocycles. The van der Waals surface area contributed by atoms with Gasteiger partial charge in [-0.3, -0.25) is 4.79 Å². The van der Waals surface area contributed by atoms with E-state index in [1.54, 1.807) is 33.0 Å². The second-order valence-electron chi connectivity index (χ2n) is 4.98. The third-order valence-corrected chi connectivity index (χ3v) is 2.38. The standard InChI is InChI=1S/C13H20N2O2/c1-13(2,17)9-15(3)12(16)8-10-4-6-11(14)7-5-10/h4-7,17H,8-9,14H2,1-3H3. The Kier molecular flexibility index (Phi) is 4.12. The Morgan fingerprint density at radius 1 is 1.35 bits per heavy atom. The molecule has 0 saturated heterocycles. The molecular weight excluding hydrogens is 216 g/mol. The van der Waals surface area contributed by atoms with Gasteiger partial charge in [-0.2, -0.15) is 0 Å². The van der Waals surface area contributed by atoms with Crippen molar-refractivity contribution in [2.45, 2.75) is 25.9 Å². The van der Waals surface area contributed by atoms with Crippen molar-refractivity contribution >= 4 is 11.6 Å². The highest BCUT2D eigenvalue weighted by Gasteiger charge is 2.19. The molecule has 0 aliphatic rings. The van der Waals surface area contributed by atoms with Crippen molar-refractivity contribution in [2.24, 2.45) is 0 Å². The summed E-state index contributed by atoms with van der Waals surface area (Å²) in [6.45, 7) is 3.68. The maximum absolute atomic E-state index is 11.9. The topological polar surface area (TPSA) is 66.6 Å². The highest BCUT2D eigenvalue weighted by atomic mass is 16.3. The third-order valence-electron chi connectivity index (χ3n) is 2.38. The number of amides is 1. The van der Waals surface area contributed by atoms with E-state index < -0.39 is 5.60 Å². The fraction of sp³-hybridized carbons (Fsp3) is 0.462. The van der Waals surface area contributed by atoms with Gasteiger partial charge in [0.2, 0.25) is 5.91 Å². The third kappa shape index (κ3) is 4.87. The fourth-order valence-corrected chi connectivity index (χ4v) is 1.61. The van der Waals surface area contributed by atoms with Crippen LogP contribution in [0, 0.1) is 0 Å². The summed E-state index contributed by atoms with van der Waals surface area (Å²) >= 11 is 0. The zero-order chi connectivity index (χ0) is 13.1. The van der Waals surface area contributed by atoms with Gasteiger partial charge < -0.3 is 15.7 Å². The Labute approximate surface area is 102 Å². The minimum atomic E-state index is -0.870. The highest BCUT2D eigenvalue weighted by Crippen LogP contribution is 2.09. The van der Waals surface area contributed by atoms with Crippen LogP contribution in [0.5, 0.6) is 0 Å². The average Bonchev–Trinajstić information content (AvgIpc) is 2.19. The van der Waals surface area contributed by atoms with E-state index in [-0.39, 0.29) is 5.91 Å². The summed E-state index contributed by atoms with van der Waals surface area (Å²) in [4.78, 5) is 13.4. The number of benzene rings is 1. The van der Waals surface area contributed by atoms with E-state index in [1.807, 2.05) is 12.1 Å².